The van der Waals surface area contributed by atoms with Crippen LogP contribution >= 0.6 is 0 Å². The van der Waals surface area contributed by atoms with E-state index in [0.717, 1.165) is 41.4 Å². The standard InChI is InChI=1S/C18H20N2O3/c1-11-7-8-15-13(9-11)17(18(22)23-10-16(21)19-2)12-5-3-4-6-14(12)20-15/h3-6,11H,7-10H2,1-2H3,(H,19,21). The molecule has 1 atom stereocenters. The quantitative estimate of drug-likeness (QED) is 0.883. The molecule has 0 fully saturated rings. The van der Waals surface area contributed by atoms with Gasteiger partial charge in [-0.1, -0.05) is 25.1 Å². The number of ether oxygens (including phenoxy) is 1. The zero-order chi connectivity index (χ0) is 16.4. The van der Waals surface area contributed by atoms with Crippen molar-refractivity contribution in [2.75, 3.05) is 13.7 Å². The van der Waals surface area contributed by atoms with Crippen molar-refractivity contribution in [3.05, 3.63) is 41.1 Å². The number of para-hydroxylation sites is 1. The lowest BCUT2D eigenvalue weighted by atomic mass is 9.84. The molecule has 5 heteroatoms. The van der Waals surface area contributed by atoms with Gasteiger partial charge in [-0.25, -0.2) is 4.79 Å². The Morgan fingerprint density at radius 2 is 2.13 bits per heavy atom. The third kappa shape index (κ3) is 3.04. The third-order valence-electron chi connectivity index (χ3n) is 4.32. The number of fused-ring (bicyclic) bond motifs is 2. The highest BCUT2D eigenvalue weighted by Gasteiger charge is 2.26. The van der Waals surface area contributed by atoms with Crippen LogP contribution in [-0.4, -0.2) is 30.5 Å². The molecule has 1 amide bonds. The molecule has 1 aliphatic carbocycles. The Morgan fingerprint density at radius 3 is 2.91 bits per heavy atom. The first-order chi connectivity index (χ1) is 11.1. The van der Waals surface area contributed by atoms with Crippen molar-refractivity contribution in [2.24, 2.45) is 5.92 Å². The van der Waals surface area contributed by atoms with Gasteiger partial charge in [-0.05, 0) is 36.8 Å². The van der Waals surface area contributed by atoms with Crippen molar-refractivity contribution < 1.29 is 14.3 Å². The molecule has 0 radical (unpaired) electrons. The first-order valence-electron chi connectivity index (χ1n) is 7.88. The van der Waals surface area contributed by atoms with Crippen LogP contribution < -0.4 is 5.32 Å². The van der Waals surface area contributed by atoms with Gasteiger partial charge < -0.3 is 10.1 Å². The second-order valence-corrected chi connectivity index (χ2v) is 6.03. The number of hydrogen-bond donors (Lipinski definition) is 1. The summed E-state index contributed by atoms with van der Waals surface area (Å²) >= 11 is 0. The van der Waals surface area contributed by atoms with E-state index in [1.165, 1.54) is 7.05 Å². The Bertz CT molecular complexity index is 770. The van der Waals surface area contributed by atoms with Crippen molar-refractivity contribution in [2.45, 2.75) is 26.2 Å². The Labute approximate surface area is 135 Å². The monoisotopic (exact) mass is 312 g/mol. The van der Waals surface area contributed by atoms with Gasteiger partial charge in [0.05, 0.1) is 11.1 Å². The van der Waals surface area contributed by atoms with E-state index in [9.17, 15) is 9.59 Å². The molecule has 0 saturated carbocycles. The zero-order valence-corrected chi connectivity index (χ0v) is 13.4. The van der Waals surface area contributed by atoms with E-state index in [-0.39, 0.29) is 12.5 Å². The van der Waals surface area contributed by atoms with Gasteiger partial charge in [0.25, 0.3) is 5.91 Å². The summed E-state index contributed by atoms with van der Waals surface area (Å²) in [5.41, 5.74) is 3.33. The minimum Gasteiger partial charge on any atom is -0.452 e. The Hall–Kier alpha value is -2.43. The molecule has 1 N–H and O–H groups in total. The van der Waals surface area contributed by atoms with Crippen LogP contribution in [0.5, 0.6) is 0 Å². The van der Waals surface area contributed by atoms with Gasteiger partial charge in [-0.3, -0.25) is 9.78 Å². The summed E-state index contributed by atoms with van der Waals surface area (Å²) < 4.78 is 5.21. The second-order valence-electron chi connectivity index (χ2n) is 6.03. The molecule has 0 saturated heterocycles. The summed E-state index contributed by atoms with van der Waals surface area (Å²) in [6, 6.07) is 7.59. The number of carbonyl (C=O) groups excluding carboxylic acids is 2. The summed E-state index contributed by atoms with van der Waals surface area (Å²) in [6.07, 6.45) is 2.76. The van der Waals surface area contributed by atoms with Gasteiger partial charge in [0.2, 0.25) is 0 Å². The van der Waals surface area contributed by atoms with Crippen molar-refractivity contribution in [1.82, 2.24) is 10.3 Å². The third-order valence-corrected chi connectivity index (χ3v) is 4.32. The molecule has 1 unspecified atom stereocenters. The van der Waals surface area contributed by atoms with E-state index < -0.39 is 5.97 Å². The predicted molar refractivity (Wildman–Crippen MR) is 87.3 cm³/mol. The fraction of sp³-hybridized carbons (Fsp3) is 0.389. The van der Waals surface area contributed by atoms with Crippen molar-refractivity contribution >= 4 is 22.8 Å². The molecular weight excluding hydrogens is 292 g/mol. The van der Waals surface area contributed by atoms with Crippen molar-refractivity contribution in [1.29, 1.82) is 0 Å². The van der Waals surface area contributed by atoms with Gasteiger partial charge in [-0.15, -0.1) is 0 Å². The van der Waals surface area contributed by atoms with E-state index in [1.54, 1.807) is 0 Å². The summed E-state index contributed by atoms with van der Waals surface area (Å²) in [5, 5.41) is 3.24. The van der Waals surface area contributed by atoms with Crippen LogP contribution in [0.2, 0.25) is 0 Å². The first kappa shape index (κ1) is 15.5. The zero-order valence-electron chi connectivity index (χ0n) is 13.4. The van der Waals surface area contributed by atoms with E-state index in [4.69, 9.17) is 9.72 Å². The molecule has 0 aliphatic heterocycles. The minimum atomic E-state index is -0.447. The van der Waals surface area contributed by atoms with Crippen LogP contribution in [-0.2, 0) is 22.4 Å². The van der Waals surface area contributed by atoms with Gasteiger partial charge in [-0.2, -0.15) is 0 Å². The highest BCUT2D eigenvalue weighted by Crippen LogP contribution is 2.31. The molecule has 0 spiro atoms. The van der Waals surface area contributed by atoms with Crippen LogP contribution in [0.1, 0.15) is 35.0 Å². The molecule has 0 bridgehead atoms. The SMILES string of the molecule is CNC(=O)COC(=O)c1c2c(nc3ccccc13)CCC(C)C2. The van der Waals surface area contributed by atoms with Crippen molar-refractivity contribution in [3.63, 3.8) is 0 Å². The summed E-state index contributed by atoms with van der Waals surface area (Å²) in [5.74, 6) is -0.257. The smallest absolute Gasteiger partial charge is 0.339 e. The van der Waals surface area contributed by atoms with Crippen LogP contribution in [0.15, 0.2) is 24.3 Å². The fourth-order valence-corrected chi connectivity index (χ4v) is 3.07. The Kier molecular flexibility index (Phi) is 4.28. The highest BCUT2D eigenvalue weighted by atomic mass is 16.5. The maximum absolute atomic E-state index is 12.6. The second kappa shape index (κ2) is 6.36. The molecular formula is C18H20N2O3. The highest BCUT2D eigenvalue weighted by molar-refractivity contribution is 6.05. The number of esters is 1. The maximum atomic E-state index is 12.6. The van der Waals surface area contributed by atoms with Gasteiger partial charge >= 0.3 is 5.97 Å². The van der Waals surface area contributed by atoms with Crippen LogP contribution in [0.3, 0.4) is 0 Å². The number of pyridine rings is 1. The average molecular weight is 312 g/mol. The topological polar surface area (TPSA) is 68.3 Å². The predicted octanol–water partition coefficient (Wildman–Crippen LogP) is 2.26. The van der Waals surface area contributed by atoms with E-state index in [0.29, 0.717) is 11.5 Å². The number of rotatable bonds is 3. The lowest BCUT2D eigenvalue weighted by Crippen LogP contribution is -2.26. The first-order valence-corrected chi connectivity index (χ1v) is 7.88. The summed E-state index contributed by atoms with van der Waals surface area (Å²) in [7, 11) is 1.52. The van der Waals surface area contributed by atoms with E-state index in [2.05, 4.69) is 12.2 Å². The summed E-state index contributed by atoms with van der Waals surface area (Å²) in [4.78, 5) is 28.7. The van der Waals surface area contributed by atoms with Gasteiger partial charge in [0.15, 0.2) is 6.61 Å². The van der Waals surface area contributed by atoms with Crippen LogP contribution in [0.25, 0.3) is 10.9 Å². The molecule has 120 valence electrons. The normalized spacial score (nSPS) is 16.7. The number of amides is 1. The summed E-state index contributed by atoms with van der Waals surface area (Å²) in [6.45, 7) is 1.91. The van der Waals surface area contributed by atoms with E-state index >= 15 is 0 Å². The number of nitrogens with zero attached hydrogens (tertiary/aromatic N) is 1. The Balaban J connectivity index is 2.07. The fourth-order valence-electron chi connectivity index (χ4n) is 3.07. The van der Waals surface area contributed by atoms with Crippen LogP contribution in [0.4, 0.5) is 0 Å². The minimum absolute atomic E-state index is 0.268. The van der Waals surface area contributed by atoms with Crippen LogP contribution in [0, 0.1) is 5.92 Å². The molecule has 3 rings (SSSR count). The van der Waals surface area contributed by atoms with Gasteiger partial charge in [0, 0.05) is 18.1 Å². The average Bonchev–Trinajstić information content (AvgIpc) is 2.57. The largest absolute Gasteiger partial charge is 0.452 e. The number of aryl methyl sites for hydroxylation is 1. The Morgan fingerprint density at radius 1 is 1.35 bits per heavy atom. The molecule has 1 aromatic carbocycles. The molecule has 1 aromatic heterocycles. The number of nitrogens with one attached hydrogen (secondary N) is 1. The molecule has 1 heterocycles. The number of likely N-dealkylation sites (N-methyl/N-ethyl adjacent to an activating group) is 1. The molecule has 23 heavy (non-hydrogen) atoms. The number of hydrogen-bond acceptors (Lipinski definition) is 4. The van der Waals surface area contributed by atoms with Crippen molar-refractivity contribution in [3.8, 4) is 0 Å². The molecule has 1 aliphatic rings. The number of aromatic nitrogens is 1. The lowest BCUT2D eigenvalue weighted by Gasteiger charge is -2.24. The molecule has 2 aromatic rings. The molecule has 5 nitrogen and oxygen atoms in total. The maximum Gasteiger partial charge on any atom is 0.339 e. The van der Waals surface area contributed by atoms with E-state index in [1.807, 2.05) is 24.3 Å². The number of benzene rings is 1. The van der Waals surface area contributed by atoms with Gasteiger partial charge in [0.1, 0.15) is 0 Å². The lowest BCUT2D eigenvalue weighted by molar-refractivity contribution is -0.123. The number of carbonyl (C=O) groups is 2.